The van der Waals surface area contributed by atoms with Gasteiger partial charge in [0.2, 0.25) is 0 Å². The van der Waals surface area contributed by atoms with Crippen molar-refractivity contribution in [2.75, 3.05) is 14.2 Å². The minimum Gasteiger partial charge on any atom is -0.494 e. The maximum atomic E-state index is 12.6. The Morgan fingerprint density at radius 3 is 2.50 bits per heavy atom. The number of rotatable bonds is 4. The number of aromatic nitrogens is 1. The lowest BCUT2D eigenvalue weighted by atomic mass is 10.2. The Balaban J connectivity index is 3.51. The van der Waals surface area contributed by atoms with Gasteiger partial charge in [0, 0.05) is 0 Å². The number of nitro groups is 1. The number of hydrogen-bond donors (Lipinski definition) is 0. The van der Waals surface area contributed by atoms with Gasteiger partial charge < -0.3 is 9.47 Å². The molecule has 0 aliphatic heterocycles. The smallest absolute Gasteiger partial charge is 0.360 e. The Morgan fingerprint density at radius 2 is 2.11 bits per heavy atom. The summed E-state index contributed by atoms with van der Waals surface area (Å²) in [5.74, 6) is -1.33. The molecule has 0 N–H and O–H groups in total. The second kappa shape index (κ2) is 5.34. The molecule has 1 rings (SSSR count). The van der Waals surface area contributed by atoms with Gasteiger partial charge in [0.05, 0.1) is 25.2 Å². The summed E-state index contributed by atoms with van der Waals surface area (Å²) in [6.07, 6.45) is -3.19. The van der Waals surface area contributed by atoms with Crippen LogP contribution in [-0.4, -0.2) is 30.1 Å². The second-order valence-electron chi connectivity index (χ2n) is 2.99. The molecule has 0 unspecified atom stereocenters. The molecule has 7 nitrogen and oxygen atoms in total. The summed E-state index contributed by atoms with van der Waals surface area (Å²) in [5.41, 5.74) is -2.57. The third-order valence-electron chi connectivity index (χ3n) is 2.00. The summed E-state index contributed by atoms with van der Waals surface area (Å²) in [5, 5.41) is 10.6. The topological polar surface area (TPSA) is 91.6 Å². The van der Waals surface area contributed by atoms with Crippen molar-refractivity contribution in [1.82, 2.24) is 4.98 Å². The van der Waals surface area contributed by atoms with Crippen LogP contribution in [0, 0.1) is 10.1 Å². The highest BCUT2D eigenvalue weighted by Crippen LogP contribution is 2.32. The number of hydrogen-bond acceptors (Lipinski definition) is 6. The van der Waals surface area contributed by atoms with E-state index in [1.165, 1.54) is 0 Å². The number of halogens is 2. The molecule has 0 aromatic carbocycles. The van der Waals surface area contributed by atoms with Crippen molar-refractivity contribution in [3.05, 3.63) is 27.6 Å². The summed E-state index contributed by atoms with van der Waals surface area (Å²) < 4.78 is 34.2. The van der Waals surface area contributed by atoms with E-state index in [0.29, 0.717) is 6.07 Å². The van der Waals surface area contributed by atoms with E-state index in [2.05, 4.69) is 14.5 Å². The number of methoxy groups -OCH3 is 2. The molecule has 0 amide bonds. The van der Waals surface area contributed by atoms with Gasteiger partial charge in [-0.05, 0) is 0 Å². The van der Waals surface area contributed by atoms with Crippen molar-refractivity contribution >= 4 is 11.7 Å². The van der Waals surface area contributed by atoms with Crippen LogP contribution in [0.15, 0.2) is 6.07 Å². The molecule has 18 heavy (non-hydrogen) atoms. The van der Waals surface area contributed by atoms with Gasteiger partial charge in [0.1, 0.15) is 0 Å². The van der Waals surface area contributed by atoms with Gasteiger partial charge in [0.25, 0.3) is 12.1 Å². The Labute approximate surface area is 99.5 Å². The monoisotopic (exact) mass is 262 g/mol. The summed E-state index contributed by atoms with van der Waals surface area (Å²) in [7, 11) is 2.14. The zero-order chi connectivity index (χ0) is 13.9. The number of carbonyl (C=O) groups is 1. The average Bonchev–Trinajstić information content (AvgIpc) is 2.35. The molecule has 0 spiro atoms. The second-order valence-corrected chi connectivity index (χ2v) is 2.99. The van der Waals surface area contributed by atoms with E-state index in [0.717, 1.165) is 14.2 Å². The van der Waals surface area contributed by atoms with E-state index >= 15 is 0 Å². The van der Waals surface area contributed by atoms with Crippen molar-refractivity contribution in [2.24, 2.45) is 0 Å². The van der Waals surface area contributed by atoms with Crippen molar-refractivity contribution < 1.29 is 28.0 Å². The van der Waals surface area contributed by atoms with E-state index in [1.54, 1.807) is 0 Å². The molecule has 0 atom stereocenters. The zero-order valence-electron chi connectivity index (χ0n) is 9.35. The molecule has 1 aromatic rings. The summed E-state index contributed by atoms with van der Waals surface area (Å²) >= 11 is 0. The number of pyridine rings is 1. The van der Waals surface area contributed by atoms with Gasteiger partial charge in [-0.1, -0.05) is 0 Å². The fourth-order valence-electron chi connectivity index (χ4n) is 1.20. The standard InChI is InChI=1S/C9H8F2N2O5/c1-17-5-3-4(13(15)16)6(8(10)11)12-7(5)9(14)18-2/h3,8H,1-2H3. The molecule has 0 aliphatic carbocycles. The molecular formula is C9H8F2N2O5. The van der Waals surface area contributed by atoms with Gasteiger partial charge >= 0.3 is 5.97 Å². The molecule has 0 bridgehead atoms. The predicted molar refractivity (Wildman–Crippen MR) is 53.7 cm³/mol. The Bertz CT molecular complexity index is 492. The number of ether oxygens (including phenoxy) is 2. The highest BCUT2D eigenvalue weighted by atomic mass is 19.3. The molecule has 0 radical (unpaired) electrons. The van der Waals surface area contributed by atoms with E-state index < -0.39 is 34.4 Å². The molecule has 0 saturated carbocycles. The maximum Gasteiger partial charge on any atom is 0.360 e. The van der Waals surface area contributed by atoms with E-state index in [9.17, 15) is 23.7 Å². The zero-order valence-corrected chi connectivity index (χ0v) is 9.35. The van der Waals surface area contributed by atoms with Crippen LogP contribution in [0.1, 0.15) is 22.6 Å². The van der Waals surface area contributed by atoms with Crippen LogP contribution < -0.4 is 4.74 Å². The highest BCUT2D eigenvalue weighted by molar-refractivity contribution is 5.90. The lowest BCUT2D eigenvalue weighted by Crippen LogP contribution is -2.11. The molecular weight excluding hydrogens is 254 g/mol. The van der Waals surface area contributed by atoms with Crippen molar-refractivity contribution in [1.29, 1.82) is 0 Å². The first kappa shape index (κ1) is 13.7. The van der Waals surface area contributed by atoms with Crippen LogP contribution in [0.3, 0.4) is 0 Å². The van der Waals surface area contributed by atoms with Gasteiger partial charge in [-0.2, -0.15) is 0 Å². The number of nitrogens with zero attached hydrogens (tertiary/aromatic N) is 2. The van der Waals surface area contributed by atoms with E-state index in [4.69, 9.17) is 0 Å². The maximum absolute atomic E-state index is 12.6. The number of alkyl halides is 2. The van der Waals surface area contributed by atoms with Crippen molar-refractivity contribution in [2.45, 2.75) is 6.43 Å². The minimum absolute atomic E-state index is 0.307. The molecule has 98 valence electrons. The lowest BCUT2D eigenvalue weighted by Gasteiger charge is -2.08. The first-order valence-electron chi connectivity index (χ1n) is 4.52. The number of esters is 1. The predicted octanol–water partition coefficient (Wildman–Crippen LogP) is 1.72. The van der Waals surface area contributed by atoms with Crippen molar-refractivity contribution in [3.8, 4) is 5.75 Å². The third kappa shape index (κ3) is 2.50. The van der Waals surface area contributed by atoms with Crippen LogP contribution in [0.2, 0.25) is 0 Å². The summed E-state index contributed by atoms with van der Waals surface area (Å²) in [6.45, 7) is 0. The minimum atomic E-state index is -3.19. The molecule has 9 heteroatoms. The van der Waals surface area contributed by atoms with Crippen molar-refractivity contribution in [3.63, 3.8) is 0 Å². The number of carbonyl (C=O) groups excluding carboxylic acids is 1. The Hall–Kier alpha value is -2.32. The van der Waals surface area contributed by atoms with Crippen LogP contribution >= 0.6 is 0 Å². The lowest BCUT2D eigenvalue weighted by molar-refractivity contribution is -0.386. The normalized spacial score (nSPS) is 10.3. The first-order valence-corrected chi connectivity index (χ1v) is 4.52. The quantitative estimate of drug-likeness (QED) is 0.466. The van der Waals surface area contributed by atoms with Gasteiger partial charge in [-0.15, -0.1) is 0 Å². The fraction of sp³-hybridized carbons (Fsp3) is 0.333. The average molecular weight is 262 g/mol. The largest absolute Gasteiger partial charge is 0.494 e. The van der Waals surface area contributed by atoms with Crippen LogP contribution in [0.4, 0.5) is 14.5 Å². The summed E-state index contributed by atoms with van der Waals surface area (Å²) in [6, 6.07) is 0.709. The van der Waals surface area contributed by atoms with Gasteiger partial charge in [-0.3, -0.25) is 10.1 Å². The molecule has 0 aliphatic rings. The van der Waals surface area contributed by atoms with Gasteiger partial charge in [0.15, 0.2) is 17.1 Å². The SMILES string of the molecule is COC(=O)c1nc(C(F)F)c([N+](=O)[O-])cc1OC. The first-order chi connectivity index (χ1) is 8.42. The van der Waals surface area contributed by atoms with E-state index in [-0.39, 0.29) is 5.75 Å². The van der Waals surface area contributed by atoms with Gasteiger partial charge in [-0.25, -0.2) is 18.6 Å². The fourth-order valence-corrected chi connectivity index (χ4v) is 1.20. The van der Waals surface area contributed by atoms with E-state index in [1.807, 2.05) is 0 Å². The molecule has 1 aromatic heterocycles. The van der Waals surface area contributed by atoms with Crippen LogP contribution in [0.5, 0.6) is 5.75 Å². The highest BCUT2D eigenvalue weighted by Gasteiger charge is 2.29. The molecule has 0 saturated heterocycles. The third-order valence-corrected chi connectivity index (χ3v) is 2.00. The Morgan fingerprint density at radius 1 is 1.50 bits per heavy atom. The van der Waals surface area contributed by atoms with Crippen LogP contribution in [-0.2, 0) is 4.74 Å². The summed E-state index contributed by atoms with van der Waals surface area (Å²) in [4.78, 5) is 24.1. The molecule has 1 heterocycles. The van der Waals surface area contributed by atoms with Crippen LogP contribution in [0.25, 0.3) is 0 Å². The molecule has 0 fully saturated rings. The Kier molecular flexibility index (Phi) is 4.08.